The molecule has 2 saturated carbocycles. The number of hydrogen-bond donors (Lipinski definition) is 2. The van der Waals surface area contributed by atoms with Crippen LogP contribution in [0.3, 0.4) is 0 Å². The summed E-state index contributed by atoms with van der Waals surface area (Å²) in [6.07, 6.45) is 5.15. The highest BCUT2D eigenvalue weighted by Gasteiger charge is 2.54. The number of hydrogen-bond acceptors (Lipinski definition) is 3. The Hall–Kier alpha value is -3.15. The fourth-order valence-corrected chi connectivity index (χ4v) is 5.85. The van der Waals surface area contributed by atoms with Crippen LogP contribution >= 0.6 is 0 Å². The highest BCUT2D eigenvalue weighted by atomic mass is 16.2. The van der Waals surface area contributed by atoms with Crippen LogP contribution in [0.1, 0.15) is 42.9 Å². The van der Waals surface area contributed by atoms with Crippen molar-refractivity contribution < 1.29 is 4.79 Å². The van der Waals surface area contributed by atoms with Crippen molar-refractivity contribution >= 4 is 22.5 Å². The SMILES string of the molecule is O=C(NC1CC2(C1)CC(c1n[nH]c(=O)c3ccccc13)C2)N1CCc2ccccc21. The normalized spacial score (nSPS) is 26.9. The Labute approximate surface area is 174 Å². The average molecular weight is 400 g/mol. The molecule has 6 heteroatoms. The summed E-state index contributed by atoms with van der Waals surface area (Å²) in [5, 5.41) is 12.0. The Morgan fingerprint density at radius 2 is 1.77 bits per heavy atom. The lowest BCUT2D eigenvalue weighted by Crippen LogP contribution is -2.57. The van der Waals surface area contributed by atoms with Gasteiger partial charge < -0.3 is 5.32 Å². The third-order valence-electron chi connectivity index (χ3n) is 7.29. The van der Waals surface area contributed by atoms with Gasteiger partial charge >= 0.3 is 6.03 Å². The summed E-state index contributed by atoms with van der Waals surface area (Å²) in [5.74, 6) is 0.383. The van der Waals surface area contributed by atoms with Gasteiger partial charge in [-0.3, -0.25) is 9.69 Å². The number of para-hydroxylation sites is 1. The van der Waals surface area contributed by atoms with Gasteiger partial charge in [-0.15, -0.1) is 0 Å². The third-order valence-corrected chi connectivity index (χ3v) is 7.29. The second kappa shape index (κ2) is 6.42. The van der Waals surface area contributed by atoms with Crippen LogP contribution in [0.4, 0.5) is 10.5 Å². The van der Waals surface area contributed by atoms with E-state index >= 15 is 0 Å². The lowest BCUT2D eigenvalue weighted by Gasteiger charge is -2.57. The molecule has 0 unspecified atom stereocenters. The molecule has 0 saturated heterocycles. The minimum Gasteiger partial charge on any atom is -0.335 e. The number of carbonyl (C=O) groups is 1. The van der Waals surface area contributed by atoms with Gasteiger partial charge in [0.2, 0.25) is 0 Å². The maximum Gasteiger partial charge on any atom is 0.322 e. The molecule has 0 atom stereocenters. The molecule has 0 bridgehead atoms. The predicted molar refractivity (Wildman–Crippen MR) is 116 cm³/mol. The quantitative estimate of drug-likeness (QED) is 0.688. The van der Waals surface area contributed by atoms with Crippen molar-refractivity contribution in [1.29, 1.82) is 0 Å². The van der Waals surface area contributed by atoms with Crippen LogP contribution in [0.2, 0.25) is 0 Å². The number of urea groups is 1. The van der Waals surface area contributed by atoms with E-state index in [0.717, 1.165) is 55.4 Å². The molecule has 2 aromatic carbocycles. The van der Waals surface area contributed by atoms with Crippen molar-refractivity contribution in [3.8, 4) is 0 Å². The van der Waals surface area contributed by atoms with Crippen molar-refractivity contribution in [2.45, 2.75) is 44.1 Å². The van der Waals surface area contributed by atoms with Crippen LogP contribution in [-0.4, -0.2) is 28.8 Å². The number of nitrogens with one attached hydrogen (secondary N) is 2. The highest BCUT2D eigenvalue weighted by molar-refractivity contribution is 5.94. The minimum absolute atomic E-state index is 0.0315. The van der Waals surface area contributed by atoms with Gasteiger partial charge in [0.1, 0.15) is 0 Å². The maximum absolute atomic E-state index is 12.8. The van der Waals surface area contributed by atoms with Crippen LogP contribution in [0.5, 0.6) is 0 Å². The molecule has 2 fully saturated rings. The maximum atomic E-state index is 12.8. The monoisotopic (exact) mass is 400 g/mol. The molecule has 6 nitrogen and oxygen atoms in total. The van der Waals surface area contributed by atoms with Crippen molar-refractivity contribution in [3.63, 3.8) is 0 Å². The summed E-state index contributed by atoms with van der Waals surface area (Å²) in [6, 6.07) is 16.2. The standard InChI is InChI=1S/C24H24N4O2/c29-22-19-7-3-2-6-18(19)21(26-27-22)16-11-24(12-16)13-17(14-24)25-23(30)28-10-9-15-5-1-4-8-20(15)28/h1-8,16-17H,9-14H2,(H,25,30)(H,27,29). The number of fused-ring (bicyclic) bond motifs is 2. The lowest BCUT2D eigenvalue weighted by molar-refractivity contribution is -0.0174. The number of H-pyrrole nitrogens is 1. The van der Waals surface area contributed by atoms with Crippen LogP contribution in [-0.2, 0) is 6.42 Å². The Morgan fingerprint density at radius 3 is 2.60 bits per heavy atom. The molecule has 152 valence electrons. The predicted octanol–water partition coefficient (Wildman–Crippen LogP) is 3.72. The van der Waals surface area contributed by atoms with Crippen molar-refractivity contribution in [3.05, 3.63) is 70.1 Å². The first-order valence-corrected chi connectivity index (χ1v) is 10.8. The van der Waals surface area contributed by atoms with Crippen LogP contribution < -0.4 is 15.8 Å². The van der Waals surface area contributed by atoms with Crippen molar-refractivity contribution in [2.75, 3.05) is 11.4 Å². The van der Waals surface area contributed by atoms with E-state index in [1.165, 1.54) is 5.56 Å². The minimum atomic E-state index is -0.127. The van der Waals surface area contributed by atoms with E-state index < -0.39 is 0 Å². The summed E-state index contributed by atoms with van der Waals surface area (Å²) in [4.78, 5) is 26.7. The molecule has 1 aliphatic heterocycles. The van der Waals surface area contributed by atoms with Gasteiger partial charge in [0.25, 0.3) is 5.56 Å². The molecule has 3 aromatic rings. The number of rotatable bonds is 2. The Morgan fingerprint density at radius 1 is 1.03 bits per heavy atom. The molecule has 2 aliphatic carbocycles. The average Bonchev–Trinajstić information content (AvgIpc) is 3.14. The number of carbonyl (C=O) groups excluding carboxylic acids is 1. The molecular formula is C24H24N4O2. The lowest BCUT2D eigenvalue weighted by atomic mass is 9.49. The van der Waals surface area contributed by atoms with E-state index in [-0.39, 0.29) is 17.6 Å². The molecule has 2 heterocycles. The van der Waals surface area contributed by atoms with Crippen LogP contribution in [0.15, 0.2) is 53.3 Å². The third kappa shape index (κ3) is 2.66. The zero-order valence-corrected chi connectivity index (χ0v) is 16.7. The van der Waals surface area contributed by atoms with Crippen LogP contribution in [0, 0.1) is 5.41 Å². The zero-order valence-electron chi connectivity index (χ0n) is 16.7. The molecule has 0 radical (unpaired) electrons. The van der Waals surface area contributed by atoms with E-state index in [2.05, 4.69) is 21.6 Å². The Kier molecular flexibility index (Phi) is 3.79. The fourth-order valence-electron chi connectivity index (χ4n) is 5.85. The molecule has 3 aliphatic rings. The number of anilines is 1. The van der Waals surface area contributed by atoms with E-state index in [1.807, 2.05) is 47.4 Å². The van der Waals surface area contributed by atoms with Crippen molar-refractivity contribution in [1.82, 2.24) is 15.5 Å². The molecule has 1 aromatic heterocycles. The van der Waals surface area contributed by atoms with Gasteiger partial charge in [-0.2, -0.15) is 5.10 Å². The van der Waals surface area contributed by atoms with Gasteiger partial charge in [-0.25, -0.2) is 9.89 Å². The largest absolute Gasteiger partial charge is 0.335 e. The van der Waals surface area contributed by atoms with Gasteiger partial charge in [0.15, 0.2) is 0 Å². The summed E-state index contributed by atoms with van der Waals surface area (Å²) in [5.41, 5.74) is 3.50. The molecule has 2 amide bonds. The molecule has 30 heavy (non-hydrogen) atoms. The second-order valence-electron chi connectivity index (χ2n) is 9.17. The Bertz CT molecular complexity index is 1200. The number of aromatic nitrogens is 2. The first kappa shape index (κ1) is 17.7. The first-order valence-electron chi connectivity index (χ1n) is 10.8. The molecule has 6 rings (SSSR count). The van der Waals surface area contributed by atoms with E-state index in [9.17, 15) is 9.59 Å². The van der Waals surface area contributed by atoms with Crippen molar-refractivity contribution in [2.24, 2.45) is 5.41 Å². The van der Waals surface area contributed by atoms with Gasteiger partial charge in [-0.05, 0) is 55.2 Å². The van der Waals surface area contributed by atoms with E-state index in [0.29, 0.717) is 16.7 Å². The number of aromatic amines is 1. The summed E-state index contributed by atoms with van der Waals surface area (Å²) >= 11 is 0. The Balaban J connectivity index is 1.09. The summed E-state index contributed by atoms with van der Waals surface area (Å²) in [7, 11) is 0. The summed E-state index contributed by atoms with van der Waals surface area (Å²) < 4.78 is 0. The fraction of sp³-hybridized carbons (Fsp3) is 0.375. The van der Waals surface area contributed by atoms with E-state index in [1.54, 1.807) is 0 Å². The number of nitrogens with zero attached hydrogens (tertiary/aromatic N) is 2. The zero-order chi connectivity index (χ0) is 20.3. The molecular weight excluding hydrogens is 376 g/mol. The van der Waals surface area contributed by atoms with Gasteiger partial charge in [0.05, 0.1) is 11.1 Å². The highest BCUT2D eigenvalue weighted by Crippen LogP contribution is 2.62. The molecule has 1 spiro atoms. The summed E-state index contributed by atoms with van der Waals surface area (Å²) in [6.45, 7) is 0.760. The van der Waals surface area contributed by atoms with E-state index in [4.69, 9.17) is 0 Å². The second-order valence-corrected chi connectivity index (χ2v) is 9.17. The number of amides is 2. The van der Waals surface area contributed by atoms with Gasteiger partial charge in [0, 0.05) is 29.6 Å². The topological polar surface area (TPSA) is 78.1 Å². The molecule has 2 N–H and O–H groups in total. The first-order chi connectivity index (χ1) is 14.6. The van der Waals surface area contributed by atoms with Gasteiger partial charge in [-0.1, -0.05) is 36.4 Å². The number of benzene rings is 2. The van der Waals surface area contributed by atoms with Crippen LogP contribution in [0.25, 0.3) is 10.8 Å². The smallest absolute Gasteiger partial charge is 0.322 e.